The first kappa shape index (κ1) is 24.7. The number of aryl methyl sites for hydroxylation is 1. The first-order chi connectivity index (χ1) is 18.2. The first-order valence-corrected chi connectivity index (χ1v) is 13.5. The second-order valence-electron chi connectivity index (χ2n) is 10.7. The molecule has 2 N–H and O–H groups in total. The summed E-state index contributed by atoms with van der Waals surface area (Å²) in [5, 5.41) is 6.39. The molecule has 4 heterocycles. The van der Waals surface area contributed by atoms with Gasteiger partial charge in [-0.3, -0.25) is 9.48 Å². The van der Waals surface area contributed by atoms with Gasteiger partial charge in [0.1, 0.15) is 29.0 Å². The number of nitrogens with zero attached hydrogens (tertiary/aromatic N) is 5. The molecule has 6 rings (SSSR count). The van der Waals surface area contributed by atoms with Gasteiger partial charge in [-0.25, -0.2) is 14.4 Å². The predicted molar refractivity (Wildman–Crippen MR) is 143 cm³/mol. The Morgan fingerprint density at radius 3 is 2.53 bits per heavy atom. The maximum Gasteiger partial charge on any atom is 0.272 e. The normalized spacial score (nSPS) is 20.4. The summed E-state index contributed by atoms with van der Waals surface area (Å²) >= 11 is 1.50. The van der Waals surface area contributed by atoms with Gasteiger partial charge in [0.25, 0.3) is 5.91 Å². The van der Waals surface area contributed by atoms with Gasteiger partial charge < -0.3 is 15.4 Å². The van der Waals surface area contributed by atoms with E-state index in [-0.39, 0.29) is 35.1 Å². The molecule has 8 nitrogen and oxygen atoms in total. The largest absolute Gasteiger partial charge is 0.474 e. The molecule has 4 aromatic rings. The molecular formula is C28H29FN6O2S. The molecule has 10 heteroatoms. The minimum absolute atomic E-state index is 0.000890. The van der Waals surface area contributed by atoms with Crippen LogP contribution in [0.3, 0.4) is 0 Å². The number of aromatic nitrogens is 4. The van der Waals surface area contributed by atoms with Gasteiger partial charge in [-0.2, -0.15) is 5.10 Å². The van der Waals surface area contributed by atoms with Crippen LogP contribution in [-0.2, 0) is 12.5 Å². The molecular weight excluding hydrogens is 503 g/mol. The third-order valence-electron chi connectivity index (χ3n) is 7.69. The smallest absolute Gasteiger partial charge is 0.272 e. The van der Waals surface area contributed by atoms with Crippen LogP contribution in [-0.4, -0.2) is 56.3 Å². The molecule has 0 spiro atoms. The van der Waals surface area contributed by atoms with E-state index in [1.54, 1.807) is 35.4 Å². The standard InChI is InChI=1S/C28H29FN6O2S/c1-28(2,14-30)17-8-21(16-4-6-18(29)7-5-16)32-25(9-17)37-26-19-11-35(12-20(19)26)27(36)24-10-22(33-34(24)3)23-13-38-15-31-23/h4-10,13,15,19-20,26H,11-12,14,30H2,1-3H3/t19-,20+,26-. The zero-order chi connectivity index (χ0) is 26.6. The monoisotopic (exact) mass is 532 g/mol. The number of likely N-dealkylation sites (tertiary alicyclic amines) is 1. The van der Waals surface area contributed by atoms with E-state index in [0.717, 1.165) is 16.8 Å². The molecule has 3 aromatic heterocycles. The van der Waals surface area contributed by atoms with Gasteiger partial charge in [0.15, 0.2) is 0 Å². The van der Waals surface area contributed by atoms with Crippen molar-refractivity contribution in [3.8, 4) is 28.5 Å². The summed E-state index contributed by atoms with van der Waals surface area (Å²) < 4.78 is 21.5. The van der Waals surface area contributed by atoms with Crippen LogP contribution in [0.5, 0.6) is 5.88 Å². The van der Waals surface area contributed by atoms with E-state index in [4.69, 9.17) is 15.5 Å². The first-order valence-electron chi connectivity index (χ1n) is 12.6. The highest BCUT2D eigenvalue weighted by Crippen LogP contribution is 2.48. The van der Waals surface area contributed by atoms with Gasteiger partial charge in [0.05, 0.1) is 11.2 Å². The summed E-state index contributed by atoms with van der Waals surface area (Å²) in [6, 6.07) is 12.0. The summed E-state index contributed by atoms with van der Waals surface area (Å²) in [6.45, 7) is 5.88. The lowest BCUT2D eigenvalue weighted by molar-refractivity contribution is 0.0740. The lowest BCUT2D eigenvalue weighted by Gasteiger charge is -2.25. The Bertz CT molecular complexity index is 1470. The number of amides is 1. The number of halogens is 1. The number of ether oxygens (including phenoxy) is 1. The van der Waals surface area contributed by atoms with E-state index >= 15 is 0 Å². The number of hydrogen-bond acceptors (Lipinski definition) is 7. The number of carbonyl (C=O) groups excluding carboxylic acids is 1. The fraction of sp³-hybridized carbons (Fsp3) is 0.357. The van der Waals surface area contributed by atoms with Crippen molar-refractivity contribution in [3.63, 3.8) is 0 Å². The highest BCUT2D eigenvalue weighted by Gasteiger charge is 2.59. The SMILES string of the molecule is Cn1nc(-c2cscn2)cc1C(=O)N1C[C@@H]2[C@H](C1)[C@@H]2Oc1cc(C(C)(C)CN)cc(-c2ccc(F)cc2)n1. The van der Waals surface area contributed by atoms with Crippen LogP contribution in [0.4, 0.5) is 4.39 Å². The van der Waals surface area contributed by atoms with E-state index in [9.17, 15) is 9.18 Å². The van der Waals surface area contributed by atoms with Crippen molar-refractivity contribution in [2.75, 3.05) is 19.6 Å². The average molecular weight is 533 g/mol. The van der Waals surface area contributed by atoms with E-state index in [0.29, 0.717) is 42.6 Å². The lowest BCUT2D eigenvalue weighted by atomic mass is 9.84. The second-order valence-corrected chi connectivity index (χ2v) is 11.4. The molecule has 38 heavy (non-hydrogen) atoms. The Hall–Kier alpha value is -3.63. The molecule has 3 atom stereocenters. The number of thiazole rings is 1. The van der Waals surface area contributed by atoms with Gasteiger partial charge in [-0.15, -0.1) is 11.3 Å². The number of pyridine rings is 1. The van der Waals surface area contributed by atoms with Gasteiger partial charge in [-0.1, -0.05) is 13.8 Å². The molecule has 2 fully saturated rings. The number of benzene rings is 1. The second kappa shape index (κ2) is 9.28. The molecule has 1 saturated heterocycles. The van der Waals surface area contributed by atoms with Crippen molar-refractivity contribution >= 4 is 17.2 Å². The summed E-state index contributed by atoms with van der Waals surface area (Å²) in [7, 11) is 1.78. The van der Waals surface area contributed by atoms with E-state index in [2.05, 4.69) is 23.9 Å². The van der Waals surface area contributed by atoms with Crippen molar-refractivity contribution in [1.82, 2.24) is 24.6 Å². The fourth-order valence-electron chi connectivity index (χ4n) is 5.09. The van der Waals surface area contributed by atoms with Crippen LogP contribution in [0, 0.1) is 17.7 Å². The van der Waals surface area contributed by atoms with Crippen molar-refractivity contribution in [1.29, 1.82) is 0 Å². The van der Waals surface area contributed by atoms with E-state index in [1.165, 1.54) is 23.5 Å². The number of carbonyl (C=O) groups is 1. The maximum absolute atomic E-state index is 13.5. The highest BCUT2D eigenvalue weighted by molar-refractivity contribution is 7.07. The minimum atomic E-state index is -0.293. The van der Waals surface area contributed by atoms with E-state index in [1.807, 2.05) is 22.4 Å². The molecule has 1 aliphatic carbocycles. The Balaban J connectivity index is 1.17. The number of nitrogens with two attached hydrogens (primary N) is 1. The molecule has 0 unspecified atom stereocenters. The van der Waals surface area contributed by atoms with Crippen LogP contribution >= 0.6 is 11.3 Å². The van der Waals surface area contributed by atoms with Crippen LogP contribution in [0.15, 0.2) is 53.4 Å². The topological polar surface area (TPSA) is 99.2 Å². The number of fused-ring (bicyclic) bond motifs is 1. The minimum Gasteiger partial charge on any atom is -0.474 e. The third kappa shape index (κ3) is 4.48. The van der Waals surface area contributed by atoms with Crippen LogP contribution < -0.4 is 10.5 Å². The maximum atomic E-state index is 13.5. The third-order valence-corrected chi connectivity index (χ3v) is 8.27. The molecule has 0 radical (unpaired) electrons. The van der Waals surface area contributed by atoms with Gasteiger partial charge >= 0.3 is 0 Å². The van der Waals surface area contributed by atoms with Crippen LogP contribution in [0.25, 0.3) is 22.6 Å². The van der Waals surface area contributed by atoms with Gasteiger partial charge in [0, 0.05) is 60.9 Å². The molecule has 196 valence electrons. The molecule has 0 bridgehead atoms. The molecule has 2 aliphatic rings. The Kier molecular flexibility index (Phi) is 6.03. The Labute approximate surface area is 224 Å². The molecule has 1 aromatic carbocycles. The molecule has 1 saturated carbocycles. The van der Waals surface area contributed by atoms with E-state index < -0.39 is 0 Å². The number of rotatable bonds is 7. The summed E-state index contributed by atoms with van der Waals surface area (Å²) in [4.78, 5) is 24.2. The number of hydrogen-bond donors (Lipinski definition) is 1. The fourth-order valence-corrected chi connectivity index (χ4v) is 5.63. The van der Waals surface area contributed by atoms with Crippen LogP contribution in [0.2, 0.25) is 0 Å². The zero-order valence-corrected chi connectivity index (χ0v) is 22.3. The van der Waals surface area contributed by atoms with Crippen LogP contribution in [0.1, 0.15) is 29.9 Å². The van der Waals surface area contributed by atoms with Crippen molar-refractivity contribution < 1.29 is 13.9 Å². The highest BCUT2D eigenvalue weighted by atomic mass is 32.1. The quantitative estimate of drug-likeness (QED) is 0.384. The number of piperidine rings is 1. The Morgan fingerprint density at radius 2 is 1.87 bits per heavy atom. The summed E-state index contributed by atoms with van der Waals surface area (Å²) in [5.74, 6) is 0.718. The zero-order valence-electron chi connectivity index (χ0n) is 21.5. The average Bonchev–Trinajstić information content (AvgIpc) is 3.42. The van der Waals surface area contributed by atoms with Gasteiger partial charge in [0.2, 0.25) is 5.88 Å². The Morgan fingerprint density at radius 1 is 1.13 bits per heavy atom. The van der Waals surface area contributed by atoms with Crippen molar-refractivity contribution in [2.45, 2.75) is 25.4 Å². The predicted octanol–water partition coefficient (Wildman–Crippen LogP) is 4.13. The molecule has 1 amide bonds. The summed E-state index contributed by atoms with van der Waals surface area (Å²) in [6.07, 6.45) is 0.000890. The lowest BCUT2D eigenvalue weighted by Crippen LogP contribution is -2.34. The van der Waals surface area contributed by atoms with Crippen molar-refractivity contribution in [2.24, 2.45) is 24.6 Å². The van der Waals surface area contributed by atoms with Crippen molar-refractivity contribution in [3.05, 3.63) is 70.4 Å². The summed E-state index contributed by atoms with van der Waals surface area (Å²) in [5.41, 5.74) is 12.1. The molecule has 1 aliphatic heterocycles. The van der Waals surface area contributed by atoms with Gasteiger partial charge in [-0.05, 0) is 42.0 Å².